The van der Waals surface area contributed by atoms with E-state index in [0.29, 0.717) is 26.2 Å². The fourth-order valence-electron chi connectivity index (χ4n) is 4.01. The summed E-state index contributed by atoms with van der Waals surface area (Å²) in [7, 11) is 0. The molecular weight excluding hydrogens is 335 g/mol. The molecule has 0 radical (unpaired) electrons. The third-order valence-electron chi connectivity index (χ3n) is 5.35. The highest BCUT2D eigenvalue weighted by atomic mass is 19.1. The predicted octanol–water partition coefficient (Wildman–Crippen LogP) is 2.76. The number of amides is 1. The molecule has 2 fully saturated rings. The molecule has 0 aromatic heterocycles. The van der Waals surface area contributed by atoms with Crippen molar-refractivity contribution in [2.45, 2.75) is 38.6 Å². The number of halogens is 1. The number of carbonyl (C=O) groups excluding carboxylic acids is 2. The summed E-state index contributed by atoms with van der Waals surface area (Å²) < 4.78 is 18.3. The van der Waals surface area contributed by atoms with Gasteiger partial charge in [0.15, 0.2) is 0 Å². The summed E-state index contributed by atoms with van der Waals surface area (Å²) in [6.07, 6.45) is 3.62. The largest absolute Gasteiger partial charge is 0.466 e. The first-order valence-electron chi connectivity index (χ1n) is 9.52. The standard InChI is InChI=1S/C20H27FN2O3/c1-2-26-20(25)16-5-3-12-23(13-16)19(24)14-22-11-4-6-18(22)15-7-9-17(21)10-8-15/h7-10,16,18H,2-6,11-14H2,1H3/t16-,18+/m0/s1. The molecule has 0 aliphatic carbocycles. The molecule has 0 unspecified atom stereocenters. The molecule has 1 aromatic carbocycles. The molecule has 3 rings (SSSR count). The van der Waals surface area contributed by atoms with Gasteiger partial charge in [-0.3, -0.25) is 14.5 Å². The van der Waals surface area contributed by atoms with Crippen LogP contribution in [0.1, 0.15) is 44.2 Å². The van der Waals surface area contributed by atoms with Crippen LogP contribution in [0, 0.1) is 11.7 Å². The first-order chi connectivity index (χ1) is 12.6. The van der Waals surface area contributed by atoms with Gasteiger partial charge in [-0.15, -0.1) is 0 Å². The van der Waals surface area contributed by atoms with Crippen molar-refractivity contribution in [3.63, 3.8) is 0 Å². The summed E-state index contributed by atoms with van der Waals surface area (Å²) >= 11 is 0. The fraction of sp³-hybridized carbons (Fsp3) is 0.600. The minimum Gasteiger partial charge on any atom is -0.466 e. The summed E-state index contributed by atoms with van der Waals surface area (Å²) in [6.45, 7) is 4.53. The Kier molecular flexibility index (Phi) is 6.25. The Hall–Kier alpha value is -1.95. The van der Waals surface area contributed by atoms with Gasteiger partial charge in [0.25, 0.3) is 0 Å². The zero-order valence-electron chi connectivity index (χ0n) is 15.3. The van der Waals surface area contributed by atoms with E-state index < -0.39 is 0 Å². The van der Waals surface area contributed by atoms with E-state index in [-0.39, 0.29) is 29.7 Å². The van der Waals surface area contributed by atoms with Crippen molar-refractivity contribution >= 4 is 11.9 Å². The molecule has 2 heterocycles. The lowest BCUT2D eigenvalue weighted by molar-refractivity contribution is -0.151. The van der Waals surface area contributed by atoms with E-state index in [1.807, 2.05) is 0 Å². The van der Waals surface area contributed by atoms with E-state index in [4.69, 9.17) is 4.74 Å². The van der Waals surface area contributed by atoms with Crippen molar-refractivity contribution in [3.05, 3.63) is 35.6 Å². The van der Waals surface area contributed by atoms with Crippen LogP contribution in [-0.4, -0.2) is 54.5 Å². The van der Waals surface area contributed by atoms with Crippen LogP contribution < -0.4 is 0 Å². The second kappa shape index (κ2) is 8.62. The van der Waals surface area contributed by atoms with E-state index in [1.54, 1.807) is 24.0 Å². The molecular formula is C20H27FN2O3. The van der Waals surface area contributed by atoms with Crippen molar-refractivity contribution in [2.75, 3.05) is 32.8 Å². The van der Waals surface area contributed by atoms with Crippen molar-refractivity contribution in [1.29, 1.82) is 0 Å². The zero-order valence-corrected chi connectivity index (χ0v) is 15.3. The average molecular weight is 362 g/mol. The number of carbonyl (C=O) groups is 2. The summed E-state index contributed by atoms with van der Waals surface area (Å²) in [4.78, 5) is 28.7. The SMILES string of the molecule is CCOC(=O)[C@H]1CCCN(C(=O)CN2CCC[C@@H]2c2ccc(F)cc2)C1. The van der Waals surface area contributed by atoms with Gasteiger partial charge >= 0.3 is 5.97 Å². The van der Waals surface area contributed by atoms with Crippen LogP contribution in [0.2, 0.25) is 0 Å². The molecule has 6 heteroatoms. The number of esters is 1. The van der Waals surface area contributed by atoms with Gasteiger partial charge in [0, 0.05) is 19.1 Å². The van der Waals surface area contributed by atoms with Crippen LogP contribution in [0.25, 0.3) is 0 Å². The molecule has 2 atom stereocenters. The summed E-state index contributed by atoms with van der Waals surface area (Å²) in [5, 5.41) is 0. The van der Waals surface area contributed by atoms with Crippen LogP contribution in [0.5, 0.6) is 0 Å². The quantitative estimate of drug-likeness (QED) is 0.756. The van der Waals surface area contributed by atoms with E-state index in [0.717, 1.165) is 37.8 Å². The average Bonchev–Trinajstić information content (AvgIpc) is 3.10. The van der Waals surface area contributed by atoms with Crippen molar-refractivity contribution in [1.82, 2.24) is 9.80 Å². The van der Waals surface area contributed by atoms with Gasteiger partial charge in [0.05, 0.1) is 19.1 Å². The minimum absolute atomic E-state index is 0.0630. The second-order valence-electron chi connectivity index (χ2n) is 7.11. The molecule has 2 aliphatic rings. The first kappa shape index (κ1) is 18.8. The molecule has 0 spiro atoms. The Morgan fingerprint density at radius 1 is 1.15 bits per heavy atom. The Labute approximate surface area is 154 Å². The Bertz CT molecular complexity index is 634. The monoisotopic (exact) mass is 362 g/mol. The van der Waals surface area contributed by atoms with Crippen molar-refractivity contribution in [3.8, 4) is 0 Å². The smallest absolute Gasteiger partial charge is 0.310 e. The number of hydrogen-bond acceptors (Lipinski definition) is 4. The molecule has 5 nitrogen and oxygen atoms in total. The normalized spacial score (nSPS) is 23.8. The summed E-state index contributed by atoms with van der Waals surface area (Å²) in [6, 6.07) is 6.72. The Balaban J connectivity index is 1.59. The van der Waals surface area contributed by atoms with Gasteiger partial charge < -0.3 is 9.64 Å². The fourth-order valence-corrected chi connectivity index (χ4v) is 4.01. The summed E-state index contributed by atoms with van der Waals surface area (Å²) in [5.41, 5.74) is 1.06. The maximum absolute atomic E-state index is 13.2. The molecule has 0 N–H and O–H groups in total. The lowest BCUT2D eigenvalue weighted by atomic mass is 9.98. The molecule has 2 saturated heterocycles. The van der Waals surface area contributed by atoms with E-state index in [1.165, 1.54) is 12.1 Å². The molecule has 1 aromatic rings. The highest BCUT2D eigenvalue weighted by Crippen LogP contribution is 2.32. The third kappa shape index (κ3) is 4.41. The van der Waals surface area contributed by atoms with Crippen LogP contribution in [0.15, 0.2) is 24.3 Å². The lowest BCUT2D eigenvalue weighted by Crippen LogP contribution is -2.46. The highest BCUT2D eigenvalue weighted by Gasteiger charge is 2.32. The van der Waals surface area contributed by atoms with Crippen LogP contribution in [0.4, 0.5) is 4.39 Å². The second-order valence-corrected chi connectivity index (χ2v) is 7.11. The van der Waals surface area contributed by atoms with Gasteiger partial charge in [-0.05, 0) is 56.8 Å². The van der Waals surface area contributed by atoms with Gasteiger partial charge in [-0.1, -0.05) is 12.1 Å². The molecule has 2 aliphatic heterocycles. The number of rotatable bonds is 5. The van der Waals surface area contributed by atoms with Gasteiger partial charge in [0.1, 0.15) is 5.82 Å². The predicted molar refractivity (Wildman–Crippen MR) is 95.9 cm³/mol. The Morgan fingerprint density at radius 2 is 1.88 bits per heavy atom. The molecule has 0 saturated carbocycles. The van der Waals surface area contributed by atoms with Crippen molar-refractivity contribution < 1.29 is 18.7 Å². The third-order valence-corrected chi connectivity index (χ3v) is 5.35. The number of ether oxygens (including phenoxy) is 1. The number of likely N-dealkylation sites (tertiary alicyclic amines) is 2. The Morgan fingerprint density at radius 3 is 2.62 bits per heavy atom. The molecule has 142 valence electrons. The lowest BCUT2D eigenvalue weighted by Gasteiger charge is -2.33. The maximum Gasteiger partial charge on any atom is 0.310 e. The zero-order chi connectivity index (χ0) is 18.5. The number of benzene rings is 1. The van der Waals surface area contributed by atoms with E-state index in [9.17, 15) is 14.0 Å². The molecule has 1 amide bonds. The summed E-state index contributed by atoms with van der Waals surface area (Å²) in [5.74, 6) is -0.588. The number of piperidine rings is 1. The van der Waals surface area contributed by atoms with Crippen LogP contribution in [0.3, 0.4) is 0 Å². The molecule has 26 heavy (non-hydrogen) atoms. The van der Waals surface area contributed by atoms with Gasteiger partial charge in [-0.2, -0.15) is 0 Å². The number of hydrogen-bond donors (Lipinski definition) is 0. The molecule has 0 bridgehead atoms. The maximum atomic E-state index is 13.2. The minimum atomic E-state index is -0.243. The highest BCUT2D eigenvalue weighted by molar-refractivity contribution is 5.80. The van der Waals surface area contributed by atoms with Gasteiger partial charge in [0.2, 0.25) is 5.91 Å². The van der Waals surface area contributed by atoms with Crippen molar-refractivity contribution in [2.24, 2.45) is 5.92 Å². The topological polar surface area (TPSA) is 49.9 Å². The number of nitrogens with zero attached hydrogens (tertiary/aromatic N) is 2. The van der Waals surface area contributed by atoms with E-state index in [2.05, 4.69) is 4.90 Å². The van der Waals surface area contributed by atoms with Gasteiger partial charge in [-0.25, -0.2) is 4.39 Å². The van der Waals surface area contributed by atoms with Crippen LogP contribution in [-0.2, 0) is 14.3 Å². The van der Waals surface area contributed by atoms with Crippen LogP contribution >= 0.6 is 0 Å². The van der Waals surface area contributed by atoms with E-state index >= 15 is 0 Å². The first-order valence-corrected chi connectivity index (χ1v) is 9.52.